The van der Waals surface area contributed by atoms with Crippen molar-refractivity contribution < 1.29 is 0 Å². The van der Waals surface area contributed by atoms with Crippen LogP contribution >= 0.6 is 0 Å². The quantitative estimate of drug-likeness (QED) is 0.717. The molecule has 0 spiro atoms. The van der Waals surface area contributed by atoms with Gasteiger partial charge in [0, 0.05) is 0 Å². The standard InChI is InChI=1S/C22H20N2O/c1-15-7-6-10-18(11-15)21-12-17(3)20(13-23)22(25)24(21)14-19-9-5-4-8-16(19)2/h4-12H,14H2,1-3H3. The van der Waals surface area contributed by atoms with Crippen LogP contribution in [-0.4, -0.2) is 4.57 Å². The second kappa shape index (κ2) is 6.78. The lowest BCUT2D eigenvalue weighted by Gasteiger charge is -2.16. The Morgan fingerprint density at radius 3 is 2.40 bits per heavy atom. The summed E-state index contributed by atoms with van der Waals surface area (Å²) >= 11 is 0. The molecule has 124 valence electrons. The maximum absolute atomic E-state index is 13.0. The molecule has 1 heterocycles. The molecule has 3 heteroatoms. The molecule has 0 aliphatic carbocycles. The first kappa shape index (κ1) is 16.7. The Morgan fingerprint density at radius 1 is 0.960 bits per heavy atom. The fourth-order valence-electron chi connectivity index (χ4n) is 3.06. The first-order valence-corrected chi connectivity index (χ1v) is 8.27. The number of rotatable bonds is 3. The van der Waals surface area contributed by atoms with Gasteiger partial charge < -0.3 is 4.57 Å². The van der Waals surface area contributed by atoms with Crippen LogP contribution in [-0.2, 0) is 6.54 Å². The van der Waals surface area contributed by atoms with Gasteiger partial charge in [-0.15, -0.1) is 0 Å². The molecule has 0 fully saturated rings. The zero-order chi connectivity index (χ0) is 18.0. The maximum Gasteiger partial charge on any atom is 0.269 e. The zero-order valence-corrected chi connectivity index (χ0v) is 14.7. The fraction of sp³-hybridized carbons (Fsp3) is 0.182. The van der Waals surface area contributed by atoms with E-state index in [4.69, 9.17) is 0 Å². The van der Waals surface area contributed by atoms with Crippen molar-refractivity contribution in [1.29, 1.82) is 5.26 Å². The number of aromatic nitrogens is 1. The SMILES string of the molecule is Cc1cccc(-c2cc(C)c(C#N)c(=O)n2Cc2ccccc2C)c1. The summed E-state index contributed by atoms with van der Waals surface area (Å²) in [5.41, 5.74) is 5.85. The smallest absolute Gasteiger partial charge is 0.269 e. The van der Waals surface area contributed by atoms with Crippen molar-refractivity contribution in [2.45, 2.75) is 27.3 Å². The first-order valence-electron chi connectivity index (χ1n) is 8.27. The van der Waals surface area contributed by atoms with Crippen LogP contribution in [0.3, 0.4) is 0 Å². The highest BCUT2D eigenvalue weighted by atomic mass is 16.1. The van der Waals surface area contributed by atoms with Gasteiger partial charge in [-0.1, -0.05) is 48.0 Å². The number of hydrogen-bond acceptors (Lipinski definition) is 2. The molecular weight excluding hydrogens is 308 g/mol. The van der Waals surface area contributed by atoms with Gasteiger partial charge in [-0.25, -0.2) is 0 Å². The van der Waals surface area contributed by atoms with E-state index in [0.717, 1.165) is 27.9 Å². The van der Waals surface area contributed by atoms with Crippen molar-refractivity contribution >= 4 is 0 Å². The van der Waals surface area contributed by atoms with Crippen molar-refractivity contribution in [2.75, 3.05) is 0 Å². The molecule has 0 aliphatic rings. The maximum atomic E-state index is 13.0. The van der Waals surface area contributed by atoms with Crippen LogP contribution in [0, 0.1) is 32.1 Å². The summed E-state index contributed by atoms with van der Waals surface area (Å²) in [6.07, 6.45) is 0. The Kier molecular flexibility index (Phi) is 4.54. The van der Waals surface area contributed by atoms with E-state index in [-0.39, 0.29) is 11.1 Å². The van der Waals surface area contributed by atoms with E-state index in [1.165, 1.54) is 0 Å². The van der Waals surface area contributed by atoms with Gasteiger partial charge in [0.05, 0.1) is 12.2 Å². The number of hydrogen-bond donors (Lipinski definition) is 0. The van der Waals surface area contributed by atoms with Crippen molar-refractivity contribution in [3.63, 3.8) is 0 Å². The largest absolute Gasteiger partial charge is 0.303 e. The van der Waals surface area contributed by atoms with Crippen LogP contribution < -0.4 is 5.56 Å². The summed E-state index contributed by atoms with van der Waals surface area (Å²) in [6, 6.07) is 20.1. The van der Waals surface area contributed by atoms with Gasteiger partial charge in [0.2, 0.25) is 0 Å². The average molecular weight is 328 g/mol. The molecule has 25 heavy (non-hydrogen) atoms. The Labute approximate surface area is 147 Å². The Balaban J connectivity index is 2.26. The van der Waals surface area contributed by atoms with Gasteiger partial charge in [-0.05, 0) is 55.2 Å². The second-order valence-corrected chi connectivity index (χ2v) is 6.39. The molecule has 1 aromatic heterocycles. The van der Waals surface area contributed by atoms with Crippen molar-refractivity contribution in [1.82, 2.24) is 4.57 Å². The van der Waals surface area contributed by atoms with Crippen molar-refractivity contribution in [3.8, 4) is 17.3 Å². The molecule has 0 aliphatic heterocycles. The number of benzene rings is 2. The third kappa shape index (κ3) is 3.25. The van der Waals surface area contributed by atoms with Crippen molar-refractivity contribution in [3.05, 3.63) is 92.8 Å². The topological polar surface area (TPSA) is 45.8 Å². The van der Waals surface area contributed by atoms with E-state index in [9.17, 15) is 10.1 Å². The average Bonchev–Trinajstić information content (AvgIpc) is 2.59. The Hall–Kier alpha value is -3.12. The summed E-state index contributed by atoms with van der Waals surface area (Å²) in [6.45, 7) is 6.33. The minimum atomic E-state index is -0.234. The van der Waals surface area contributed by atoms with Gasteiger partial charge in [0.15, 0.2) is 0 Å². The lowest BCUT2D eigenvalue weighted by molar-refractivity contribution is 0.759. The zero-order valence-electron chi connectivity index (χ0n) is 14.7. The Bertz CT molecular complexity index is 1040. The van der Waals surface area contributed by atoms with Gasteiger partial charge in [0.1, 0.15) is 11.6 Å². The van der Waals surface area contributed by atoms with Crippen LogP contribution in [0.2, 0.25) is 0 Å². The lowest BCUT2D eigenvalue weighted by Crippen LogP contribution is -2.26. The minimum absolute atomic E-state index is 0.213. The van der Waals surface area contributed by atoms with Gasteiger partial charge >= 0.3 is 0 Å². The number of nitriles is 1. The third-order valence-corrected chi connectivity index (χ3v) is 4.51. The highest BCUT2D eigenvalue weighted by Crippen LogP contribution is 2.23. The summed E-state index contributed by atoms with van der Waals surface area (Å²) in [5.74, 6) is 0. The van der Waals surface area contributed by atoms with Gasteiger partial charge in [-0.2, -0.15) is 5.26 Å². The summed E-state index contributed by atoms with van der Waals surface area (Å²) in [7, 11) is 0. The first-order chi connectivity index (χ1) is 12.0. The molecule has 3 rings (SSSR count). The molecule has 0 saturated heterocycles. The molecule has 0 N–H and O–H groups in total. The summed E-state index contributed by atoms with van der Waals surface area (Å²) in [5, 5.41) is 9.39. The molecule has 3 aromatic rings. The van der Waals surface area contributed by atoms with E-state index in [1.54, 1.807) is 4.57 Å². The Morgan fingerprint density at radius 2 is 1.72 bits per heavy atom. The van der Waals surface area contributed by atoms with Gasteiger partial charge in [-0.3, -0.25) is 4.79 Å². The molecule has 0 bridgehead atoms. The molecular formula is C22H20N2O. The van der Waals surface area contributed by atoms with E-state index < -0.39 is 0 Å². The molecule has 0 atom stereocenters. The van der Waals surface area contributed by atoms with E-state index in [2.05, 4.69) is 12.1 Å². The molecule has 0 unspecified atom stereocenters. The highest BCUT2D eigenvalue weighted by molar-refractivity contribution is 5.63. The number of pyridine rings is 1. The number of nitrogens with zero attached hydrogens (tertiary/aromatic N) is 2. The van der Waals surface area contributed by atoms with Crippen LogP contribution in [0.25, 0.3) is 11.3 Å². The lowest BCUT2D eigenvalue weighted by atomic mass is 10.0. The van der Waals surface area contributed by atoms with Crippen LogP contribution in [0.5, 0.6) is 0 Å². The molecule has 2 aromatic carbocycles. The molecule has 0 saturated carbocycles. The highest BCUT2D eigenvalue weighted by Gasteiger charge is 2.15. The van der Waals surface area contributed by atoms with E-state index in [1.807, 2.05) is 69.3 Å². The predicted octanol–water partition coefficient (Wildman–Crippen LogP) is 4.36. The van der Waals surface area contributed by atoms with Crippen LogP contribution in [0.4, 0.5) is 0 Å². The van der Waals surface area contributed by atoms with E-state index in [0.29, 0.717) is 12.1 Å². The fourth-order valence-corrected chi connectivity index (χ4v) is 3.06. The molecule has 0 radical (unpaired) electrons. The third-order valence-electron chi connectivity index (χ3n) is 4.51. The van der Waals surface area contributed by atoms with Crippen LogP contribution in [0.1, 0.15) is 27.8 Å². The van der Waals surface area contributed by atoms with Crippen molar-refractivity contribution in [2.24, 2.45) is 0 Å². The molecule has 0 amide bonds. The van der Waals surface area contributed by atoms with Crippen LogP contribution in [0.15, 0.2) is 59.4 Å². The summed E-state index contributed by atoms with van der Waals surface area (Å²) < 4.78 is 1.71. The van der Waals surface area contributed by atoms with E-state index >= 15 is 0 Å². The normalized spacial score (nSPS) is 10.5. The monoisotopic (exact) mass is 328 g/mol. The second-order valence-electron chi connectivity index (χ2n) is 6.39. The van der Waals surface area contributed by atoms with Gasteiger partial charge in [0.25, 0.3) is 5.56 Å². The minimum Gasteiger partial charge on any atom is -0.303 e. The molecule has 3 nitrogen and oxygen atoms in total. The number of aryl methyl sites for hydroxylation is 3. The summed E-state index contributed by atoms with van der Waals surface area (Å²) in [4.78, 5) is 13.0. The predicted molar refractivity (Wildman–Crippen MR) is 101 cm³/mol.